The van der Waals surface area contributed by atoms with Gasteiger partial charge in [-0.05, 0) is 18.9 Å². The zero-order valence-electron chi connectivity index (χ0n) is 9.56. The van der Waals surface area contributed by atoms with Crippen molar-refractivity contribution in [2.24, 2.45) is 0 Å². The minimum atomic E-state index is 0.0123. The van der Waals surface area contributed by atoms with E-state index in [1.807, 2.05) is 4.90 Å². The molecule has 1 amide bonds. The molecule has 0 aliphatic carbocycles. The lowest BCUT2D eigenvalue weighted by Gasteiger charge is -2.31. The van der Waals surface area contributed by atoms with Crippen molar-refractivity contribution in [3.63, 3.8) is 0 Å². The number of carbonyl (C=O) groups excluding carboxylic acids is 1. The number of halogens is 1. The highest BCUT2D eigenvalue weighted by molar-refractivity contribution is 6.17. The number of H-pyrrole nitrogens is 1. The summed E-state index contributed by atoms with van der Waals surface area (Å²) in [6.07, 6.45) is 3.57. The van der Waals surface area contributed by atoms with Gasteiger partial charge in [-0.2, -0.15) is 5.10 Å². The first-order valence-electron chi connectivity index (χ1n) is 5.77. The van der Waals surface area contributed by atoms with Crippen LogP contribution in [0.4, 0.5) is 0 Å². The number of likely N-dealkylation sites (tertiary alicyclic amines) is 1. The van der Waals surface area contributed by atoms with E-state index in [-0.39, 0.29) is 12.0 Å². The summed E-state index contributed by atoms with van der Waals surface area (Å²) >= 11 is 5.57. The SMILES string of the molecule is O=C(c1ccn[nH]1)N1CCC(OCCCl)CC1. The molecule has 17 heavy (non-hydrogen) atoms. The van der Waals surface area contributed by atoms with Crippen molar-refractivity contribution >= 4 is 17.5 Å². The van der Waals surface area contributed by atoms with E-state index in [1.54, 1.807) is 12.3 Å². The Labute approximate surface area is 105 Å². The van der Waals surface area contributed by atoms with Gasteiger partial charge in [0.2, 0.25) is 0 Å². The highest BCUT2D eigenvalue weighted by Crippen LogP contribution is 2.15. The fourth-order valence-corrected chi connectivity index (χ4v) is 2.07. The lowest BCUT2D eigenvalue weighted by Crippen LogP contribution is -2.41. The van der Waals surface area contributed by atoms with Crippen molar-refractivity contribution < 1.29 is 9.53 Å². The van der Waals surface area contributed by atoms with Gasteiger partial charge in [0.15, 0.2) is 0 Å². The highest BCUT2D eigenvalue weighted by atomic mass is 35.5. The van der Waals surface area contributed by atoms with Gasteiger partial charge in [0.25, 0.3) is 5.91 Å². The van der Waals surface area contributed by atoms with Gasteiger partial charge in [-0.25, -0.2) is 0 Å². The number of ether oxygens (including phenoxy) is 1. The summed E-state index contributed by atoms with van der Waals surface area (Å²) in [5.41, 5.74) is 0.546. The molecule has 0 saturated carbocycles. The molecule has 0 unspecified atom stereocenters. The molecule has 5 nitrogen and oxygen atoms in total. The van der Waals surface area contributed by atoms with Gasteiger partial charge in [0, 0.05) is 25.2 Å². The number of hydrogen-bond acceptors (Lipinski definition) is 3. The minimum absolute atomic E-state index is 0.0123. The number of aromatic nitrogens is 2. The first kappa shape index (κ1) is 12.4. The van der Waals surface area contributed by atoms with Gasteiger partial charge in [0.05, 0.1) is 12.7 Å². The van der Waals surface area contributed by atoms with Crippen LogP contribution in [0.2, 0.25) is 0 Å². The van der Waals surface area contributed by atoms with Crippen molar-refractivity contribution in [1.29, 1.82) is 0 Å². The molecular formula is C11H16ClN3O2. The maximum Gasteiger partial charge on any atom is 0.271 e. The summed E-state index contributed by atoms with van der Waals surface area (Å²) in [5.74, 6) is 0.533. The Morgan fingerprint density at radius 3 is 2.94 bits per heavy atom. The summed E-state index contributed by atoms with van der Waals surface area (Å²) < 4.78 is 5.56. The Kier molecular flexibility index (Phi) is 4.39. The molecule has 94 valence electrons. The summed E-state index contributed by atoms with van der Waals surface area (Å²) in [7, 11) is 0. The molecule has 1 aromatic rings. The van der Waals surface area contributed by atoms with Crippen LogP contribution in [-0.2, 0) is 4.74 Å². The van der Waals surface area contributed by atoms with E-state index in [4.69, 9.17) is 16.3 Å². The van der Waals surface area contributed by atoms with Gasteiger partial charge in [0.1, 0.15) is 5.69 Å². The zero-order chi connectivity index (χ0) is 12.1. The fourth-order valence-electron chi connectivity index (χ4n) is 1.98. The second-order valence-corrected chi connectivity index (χ2v) is 4.40. The number of hydrogen-bond donors (Lipinski definition) is 1. The van der Waals surface area contributed by atoms with Gasteiger partial charge in [-0.15, -0.1) is 11.6 Å². The first-order chi connectivity index (χ1) is 8.31. The number of nitrogens with one attached hydrogen (secondary N) is 1. The third kappa shape index (κ3) is 3.20. The number of amides is 1. The van der Waals surface area contributed by atoms with Crippen LogP contribution in [0.5, 0.6) is 0 Å². The van der Waals surface area contributed by atoms with Crippen molar-refractivity contribution in [3.05, 3.63) is 18.0 Å². The van der Waals surface area contributed by atoms with E-state index in [0.29, 0.717) is 18.2 Å². The predicted octanol–water partition coefficient (Wildman–Crippen LogP) is 1.27. The molecule has 1 N–H and O–H groups in total. The molecule has 2 heterocycles. The van der Waals surface area contributed by atoms with E-state index in [0.717, 1.165) is 25.9 Å². The average molecular weight is 258 g/mol. The first-order valence-corrected chi connectivity index (χ1v) is 6.31. The predicted molar refractivity (Wildman–Crippen MR) is 64.2 cm³/mol. The largest absolute Gasteiger partial charge is 0.377 e. The minimum Gasteiger partial charge on any atom is -0.377 e. The number of alkyl halides is 1. The highest BCUT2D eigenvalue weighted by Gasteiger charge is 2.24. The smallest absolute Gasteiger partial charge is 0.271 e. The fraction of sp³-hybridized carbons (Fsp3) is 0.636. The van der Waals surface area contributed by atoms with Gasteiger partial charge in [-0.1, -0.05) is 0 Å². The lowest BCUT2D eigenvalue weighted by molar-refractivity contribution is 0.0152. The molecular weight excluding hydrogens is 242 g/mol. The molecule has 1 aromatic heterocycles. The summed E-state index contributed by atoms with van der Waals surface area (Å²) in [4.78, 5) is 13.8. The number of aromatic amines is 1. The van der Waals surface area contributed by atoms with Crippen LogP contribution >= 0.6 is 11.6 Å². The summed E-state index contributed by atoms with van der Waals surface area (Å²) in [6, 6.07) is 1.69. The van der Waals surface area contributed by atoms with E-state index < -0.39 is 0 Å². The third-order valence-corrected chi connectivity index (χ3v) is 3.05. The molecule has 1 aliphatic rings. The molecule has 0 bridgehead atoms. The Balaban J connectivity index is 1.81. The van der Waals surface area contributed by atoms with Gasteiger partial charge >= 0.3 is 0 Å². The van der Waals surface area contributed by atoms with E-state index >= 15 is 0 Å². The number of nitrogens with zero attached hydrogens (tertiary/aromatic N) is 2. The van der Waals surface area contributed by atoms with Crippen LogP contribution in [0.1, 0.15) is 23.3 Å². The Morgan fingerprint density at radius 1 is 1.59 bits per heavy atom. The second kappa shape index (κ2) is 6.02. The Morgan fingerprint density at radius 2 is 2.35 bits per heavy atom. The van der Waals surface area contributed by atoms with Crippen LogP contribution in [-0.4, -0.2) is 52.7 Å². The standard InChI is InChI=1S/C11H16ClN3O2/c12-4-8-17-9-2-6-15(7-3-9)11(16)10-1-5-13-14-10/h1,5,9H,2-4,6-8H2,(H,13,14). The van der Waals surface area contributed by atoms with Crippen molar-refractivity contribution in [2.75, 3.05) is 25.6 Å². The van der Waals surface area contributed by atoms with E-state index in [1.165, 1.54) is 0 Å². The van der Waals surface area contributed by atoms with Crippen LogP contribution in [0.25, 0.3) is 0 Å². The zero-order valence-corrected chi connectivity index (χ0v) is 10.3. The third-order valence-electron chi connectivity index (χ3n) is 2.89. The van der Waals surface area contributed by atoms with Crippen LogP contribution in [0.15, 0.2) is 12.3 Å². The molecule has 0 atom stereocenters. The van der Waals surface area contributed by atoms with Crippen molar-refractivity contribution in [2.45, 2.75) is 18.9 Å². The lowest BCUT2D eigenvalue weighted by atomic mass is 10.1. The van der Waals surface area contributed by atoms with Gasteiger partial charge in [-0.3, -0.25) is 9.89 Å². The van der Waals surface area contributed by atoms with Gasteiger partial charge < -0.3 is 9.64 Å². The number of carbonyl (C=O) groups is 1. The summed E-state index contributed by atoms with van der Waals surface area (Å²) in [6.45, 7) is 2.04. The van der Waals surface area contributed by atoms with Crippen molar-refractivity contribution in [3.8, 4) is 0 Å². The van der Waals surface area contributed by atoms with Crippen LogP contribution < -0.4 is 0 Å². The van der Waals surface area contributed by atoms with E-state index in [2.05, 4.69) is 10.2 Å². The molecule has 1 saturated heterocycles. The monoisotopic (exact) mass is 257 g/mol. The van der Waals surface area contributed by atoms with Crippen LogP contribution in [0.3, 0.4) is 0 Å². The van der Waals surface area contributed by atoms with Crippen molar-refractivity contribution in [1.82, 2.24) is 15.1 Å². The molecule has 6 heteroatoms. The average Bonchev–Trinajstić information content (AvgIpc) is 2.90. The summed E-state index contributed by atoms with van der Waals surface area (Å²) in [5, 5.41) is 6.47. The molecule has 2 rings (SSSR count). The topological polar surface area (TPSA) is 58.2 Å². The Bertz CT molecular complexity index is 348. The molecule has 1 fully saturated rings. The number of piperidine rings is 1. The molecule has 0 radical (unpaired) electrons. The maximum absolute atomic E-state index is 12.0. The Hall–Kier alpha value is -1.07. The molecule has 0 spiro atoms. The normalized spacial score (nSPS) is 17.4. The molecule has 1 aliphatic heterocycles. The quantitative estimate of drug-likeness (QED) is 0.827. The number of rotatable bonds is 4. The second-order valence-electron chi connectivity index (χ2n) is 4.02. The van der Waals surface area contributed by atoms with Crippen LogP contribution in [0, 0.1) is 0 Å². The van der Waals surface area contributed by atoms with E-state index in [9.17, 15) is 4.79 Å². The maximum atomic E-state index is 12.0. The molecule has 0 aromatic carbocycles.